The molecule has 1 heterocycles. The minimum atomic E-state index is -0.775. The number of nitrogens with zero attached hydrogens (tertiary/aromatic N) is 1. The summed E-state index contributed by atoms with van der Waals surface area (Å²) in [6.07, 6.45) is 1.99. The third-order valence-electron chi connectivity index (χ3n) is 6.52. The molecular formula is C26H31ClN2O4. The van der Waals surface area contributed by atoms with E-state index in [0.717, 1.165) is 24.0 Å². The van der Waals surface area contributed by atoms with E-state index >= 15 is 0 Å². The van der Waals surface area contributed by atoms with Gasteiger partial charge < -0.3 is 10.1 Å². The van der Waals surface area contributed by atoms with Crippen LogP contribution >= 0.6 is 11.6 Å². The van der Waals surface area contributed by atoms with Gasteiger partial charge in [0.05, 0.1) is 6.04 Å². The van der Waals surface area contributed by atoms with Gasteiger partial charge in [0.2, 0.25) is 5.91 Å². The first-order chi connectivity index (χ1) is 15.8. The van der Waals surface area contributed by atoms with Gasteiger partial charge in [-0.25, -0.2) is 9.69 Å². The molecule has 1 fully saturated rings. The largest absolute Gasteiger partial charge is 0.469 e. The molecule has 176 valence electrons. The molecule has 7 heteroatoms. The maximum atomic E-state index is 13.3. The Kier molecular flexibility index (Phi) is 7.80. The molecule has 1 aliphatic rings. The minimum Gasteiger partial charge on any atom is -0.469 e. The second-order valence-corrected chi connectivity index (χ2v) is 8.85. The van der Waals surface area contributed by atoms with Gasteiger partial charge in [0.25, 0.3) is 5.24 Å². The van der Waals surface area contributed by atoms with Crippen molar-refractivity contribution in [3.8, 4) is 5.75 Å². The molecule has 1 saturated heterocycles. The van der Waals surface area contributed by atoms with Crippen molar-refractivity contribution in [1.82, 2.24) is 10.2 Å². The molecule has 0 bridgehead atoms. The van der Waals surface area contributed by atoms with Gasteiger partial charge in [-0.15, -0.1) is 0 Å². The van der Waals surface area contributed by atoms with Crippen LogP contribution in [0.2, 0.25) is 0 Å². The highest BCUT2D eigenvalue weighted by Crippen LogP contribution is 2.46. The zero-order valence-electron chi connectivity index (χ0n) is 19.6. The molecule has 6 nitrogen and oxygen atoms in total. The number of hydrogen-bond acceptors (Lipinski definition) is 4. The number of halogens is 1. The number of carbonyl (C=O) groups is 3. The van der Waals surface area contributed by atoms with Crippen LogP contribution in [0.5, 0.6) is 5.75 Å². The van der Waals surface area contributed by atoms with Gasteiger partial charge in [0.15, 0.2) is 6.23 Å². The lowest BCUT2D eigenvalue weighted by atomic mass is 9.72. The van der Waals surface area contributed by atoms with Crippen LogP contribution < -0.4 is 10.1 Å². The number of carbonyl (C=O) groups excluding carboxylic acids is 3. The highest BCUT2D eigenvalue weighted by Gasteiger charge is 2.63. The number of rotatable bonds is 9. The number of aryl methyl sites for hydroxylation is 1. The Morgan fingerprint density at radius 3 is 2.18 bits per heavy atom. The molecule has 0 aliphatic carbocycles. The molecule has 0 radical (unpaired) electrons. The highest BCUT2D eigenvalue weighted by atomic mass is 35.5. The molecule has 2 atom stereocenters. The third-order valence-corrected chi connectivity index (χ3v) is 6.73. The molecular weight excluding hydrogens is 440 g/mol. The van der Waals surface area contributed by atoms with Crippen LogP contribution in [0.1, 0.15) is 74.0 Å². The molecule has 3 amide bonds. The van der Waals surface area contributed by atoms with Crippen LogP contribution in [-0.2, 0) is 4.79 Å². The number of β-lactam (4-membered cyclic amide) rings is 1. The average Bonchev–Trinajstić information content (AvgIpc) is 2.80. The fourth-order valence-corrected chi connectivity index (χ4v) is 4.45. The quantitative estimate of drug-likeness (QED) is 0.361. The lowest BCUT2D eigenvalue weighted by Gasteiger charge is -2.53. The van der Waals surface area contributed by atoms with Crippen LogP contribution in [0.15, 0.2) is 48.5 Å². The van der Waals surface area contributed by atoms with Crippen molar-refractivity contribution >= 4 is 28.8 Å². The Labute approximate surface area is 200 Å². The predicted octanol–water partition coefficient (Wildman–Crippen LogP) is 5.98. The molecule has 0 aromatic heterocycles. The number of ether oxygens (including phenoxy) is 1. The Bertz CT molecular complexity index is 1000. The molecule has 1 aliphatic heterocycles. The van der Waals surface area contributed by atoms with Crippen LogP contribution in [0, 0.1) is 12.3 Å². The lowest BCUT2D eigenvalue weighted by molar-refractivity contribution is -0.191. The fourth-order valence-electron chi connectivity index (χ4n) is 4.32. The number of benzene rings is 2. The number of likely N-dealkylation sites (tertiary alicyclic amines) is 1. The summed E-state index contributed by atoms with van der Waals surface area (Å²) >= 11 is 5.52. The molecule has 0 unspecified atom stereocenters. The number of urea groups is 1. The van der Waals surface area contributed by atoms with E-state index in [4.69, 9.17) is 16.3 Å². The van der Waals surface area contributed by atoms with Gasteiger partial charge >= 0.3 is 6.03 Å². The predicted molar refractivity (Wildman–Crippen MR) is 128 cm³/mol. The van der Waals surface area contributed by atoms with Gasteiger partial charge in [-0.2, -0.15) is 0 Å². The molecule has 0 saturated carbocycles. The van der Waals surface area contributed by atoms with E-state index in [1.807, 2.05) is 45.0 Å². The summed E-state index contributed by atoms with van der Waals surface area (Å²) in [4.78, 5) is 39.0. The number of hydrogen-bond donors (Lipinski definition) is 1. The van der Waals surface area contributed by atoms with Crippen LogP contribution in [0.25, 0.3) is 0 Å². The van der Waals surface area contributed by atoms with E-state index in [1.54, 1.807) is 24.3 Å². The van der Waals surface area contributed by atoms with Gasteiger partial charge in [0, 0.05) is 5.56 Å². The van der Waals surface area contributed by atoms with Crippen molar-refractivity contribution in [2.75, 3.05) is 0 Å². The Morgan fingerprint density at radius 1 is 1.06 bits per heavy atom. The molecule has 2 aromatic rings. The van der Waals surface area contributed by atoms with Crippen molar-refractivity contribution in [1.29, 1.82) is 0 Å². The monoisotopic (exact) mass is 470 g/mol. The van der Waals surface area contributed by atoms with Gasteiger partial charge in [-0.1, -0.05) is 57.0 Å². The number of imide groups is 1. The van der Waals surface area contributed by atoms with Gasteiger partial charge in [-0.3, -0.25) is 9.59 Å². The van der Waals surface area contributed by atoms with Crippen molar-refractivity contribution in [2.45, 2.75) is 65.6 Å². The zero-order valence-corrected chi connectivity index (χ0v) is 20.3. The summed E-state index contributed by atoms with van der Waals surface area (Å²) in [5, 5.41) is 2.48. The summed E-state index contributed by atoms with van der Waals surface area (Å²) in [5.74, 6) is 0.226. The number of amides is 3. The third kappa shape index (κ3) is 4.91. The Balaban J connectivity index is 1.83. The molecule has 2 aromatic carbocycles. The standard InChI is InChI=1S/C26H31ClN2O4/c1-5-8-21(18-11-9-17(4)10-12-18)28-25(32)29-23(31)26(6-2,7-3)24(29)33-20-15-13-19(14-16-20)22(27)30/h9-16,21,24H,5-8H2,1-4H3,(H,28,32)/t21-,24+/m1/s1. The summed E-state index contributed by atoms with van der Waals surface area (Å²) in [7, 11) is 0. The number of nitrogens with one attached hydrogen (secondary N) is 1. The SMILES string of the molecule is CCC[C@@H](NC(=O)N1C(=O)C(CC)(CC)[C@@H]1Oc1ccc(C(=O)Cl)cc1)c1ccc(C)cc1. The summed E-state index contributed by atoms with van der Waals surface area (Å²) in [5.41, 5.74) is 1.72. The highest BCUT2D eigenvalue weighted by molar-refractivity contribution is 6.67. The van der Waals surface area contributed by atoms with E-state index in [2.05, 4.69) is 12.2 Å². The molecule has 3 rings (SSSR count). The van der Waals surface area contributed by atoms with Gasteiger partial charge in [0.1, 0.15) is 11.2 Å². The van der Waals surface area contributed by atoms with Crippen molar-refractivity contribution in [3.05, 3.63) is 65.2 Å². The molecule has 33 heavy (non-hydrogen) atoms. The van der Waals surface area contributed by atoms with Crippen LogP contribution in [0.3, 0.4) is 0 Å². The summed E-state index contributed by atoms with van der Waals surface area (Å²) in [6.45, 7) is 7.92. The fraction of sp³-hybridized carbons (Fsp3) is 0.423. The first-order valence-corrected chi connectivity index (χ1v) is 11.8. The second kappa shape index (κ2) is 10.4. The smallest absolute Gasteiger partial charge is 0.327 e. The summed E-state index contributed by atoms with van der Waals surface area (Å²) in [6, 6.07) is 13.7. The zero-order chi connectivity index (χ0) is 24.2. The van der Waals surface area contributed by atoms with E-state index in [0.29, 0.717) is 24.2 Å². The maximum absolute atomic E-state index is 13.3. The van der Waals surface area contributed by atoms with Crippen LogP contribution in [0.4, 0.5) is 4.79 Å². The van der Waals surface area contributed by atoms with E-state index in [-0.39, 0.29) is 11.9 Å². The summed E-state index contributed by atoms with van der Waals surface area (Å²) < 4.78 is 6.14. The minimum absolute atomic E-state index is 0.205. The lowest BCUT2D eigenvalue weighted by Crippen LogP contribution is -2.73. The molecule has 0 spiro atoms. The van der Waals surface area contributed by atoms with E-state index in [1.165, 1.54) is 4.90 Å². The van der Waals surface area contributed by atoms with Crippen molar-refractivity contribution < 1.29 is 19.1 Å². The molecule has 1 N–H and O–H groups in total. The average molecular weight is 471 g/mol. The van der Waals surface area contributed by atoms with E-state index < -0.39 is 22.9 Å². The van der Waals surface area contributed by atoms with Crippen molar-refractivity contribution in [2.24, 2.45) is 5.41 Å². The normalized spacial score (nSPS) is 17.8. The second-order valence-electron chi connectivity index (χ2n) is 8.51. The van der Waals surface area contributed by atoms with Crippen LogP contribution in [-0.4, -0.2) is 28.3 Å². The first kappa shape index (κ1) is 24.8. The van der Waals surface area contributed by atoms with Gasteiger partial charge in [-0.05, 0) is 67.6 Å². The topological polar surface area (TPSA) is 75.7 Å². The van der Waals surface area contributed by atoms with E-state index in [9.17, 15) is 14.4 Å². The maximum Gasteiger partial charge on any atom is 0.327 e. The Morgan fingerprint density at radius 2 is 1.67 bits per heavy atom. The van der Waals surface area contributed by atoms with Crippen molar-refractivity contribution in [3.63, 3.8) is 0 Å². The Hall–Kier alpha value is -2.86. The first-order valence-electron chi connectivity index (χ1n) is 11.4.